The number of methoxy groups -OCH3 is 1. The summed E-state index contributed by atoms with van der Waals surface area (Å²) >= 11 is 6.71. The minimum Gasteiger partial charge on any atom is -0.477 e. The standard InChI is InChI=1S/C9H13ClN2O3S/c1-15-4-2-3-11-9-12-6(5-10)7(16-9)8(13)14/h2-5H2,1H3,(H,11,12)(H,13,14). The molecule has 1 aromatic rings. The number of rotatable bonds is 7. The fourth-order valence-corrected chi connectivity index (χ4v) is 2.22. The molecule has 0 radical (unpaired) electrons. The van der Waals surface area contributed by atoms with Gasteiger partial charge in [0.2, 0.25) is 0 Å². The Morgan fingerprint density at radius 1 is 1.69 bits per heavy atom. The van der Waals surface area contributed by atoms with E-state index in [9.17, 15) is 4.79 Å². The maximum Gasteiger partial charge on any atom is 0.347 e. The van der Waals surface area contributed by atoms with Crippen LogP contribution in [0.15, 0.2) is 0 Å². The van der Waals surface area contributed by atoms with E-state index in [1.165, 1.54) is 0 Å². The number of aromatic carboxylic acids is 1. The fourth-order valence-electron chi connectivity index (χ4n) is 1.10. The molecule has 0 fully saturated rings. The van der Waals surface area contributed by atoms with E-state index >= 15 is 0 Å². The molecule has 0 saturated carbocycles. The zero-order valence-electron chi connectivity index (χ0n) is 8.83. The SMILES string of the molecule is COCCCNc1nc(CCl)c(C(=O)O)s1. The summed E-state index contributed by atoms with van der Waals surface area (Å²) in [6.07, 6.45) is 0.842. The van der Waals surface area contributed by atoms with Crippen LogP contribution in [0.4, 0.5) is 5.13 Å². The molecule has 0 amide bonds. The highest BCUT2D eigenvalue weighted by Crippen LogP contribution is 2.24. The highest BCUT2D eigenvalue weighted by molar-refractivity contribution is 7.17. The van der Waals surface area contributed by atoms with Crippen molar-refractivity contribution in [3.63, 3.8) is 0 Å². The normalized spacial score (nSPS) is 10.4. The van der Waals surface area contributed by atoms with Crippen molar-refractivity contribution in [1.29, 1.82) is 0 Å². The van der Waals surface area contributed by atoms with Crippen molar-refractivity contribution < 1.29 is 14.6 Å². The van der Waals surface area contributed by atoms with Crippen LogP contribution in [0.25, 0.3) is 0 Å². The molecule has 7 heteroatoms. The summed E-state index contributed by atoms with van der Waals surface area (Å²) in [5, 5.41) is 12.5. The molecule has 0 unspecified atom stereocenters. The lowest BCUT2D eigenvalue weighted by atomic mass is 10.4. The van der Waals surface area contributed by atoms with E-state index in [1.54, 1.807) is 7.11 Å². The number of nitrogens with one attached hydrogen (secondary N) is 1. The Labute approximate surface area is 102 Å². The topological polar surface area (TPSA) is 71.5 Å². The predicted octanol–water partition coefficient (Wildman–Crippen LogP) is 2.03. The highest BCUT2D eigenvalue weighted by Gasteiger charge is 2.15. The zero-order valence-corrected chi connectivity index (χ0v) is 10.4. The number of anilines is 1. The minimum absolute atomic E-state index is 0.109. The highest BCUT2D eigenvalue weighted by atomic mass is 35.5. The first-order chi connectivity index (χ1) is 7.69. The van der Waals surface area contributed by atoms with Crippen LogP contribution in [0.5, 0.6) is 0 Å². The first kappa shape index (κ1) is 13.2. The predicted molar refractivity (Wildman–Crippen MR) is 63.6 cm³/mol. The van der Waals surface area contributed by atoms with E-state index < -0.39 is 5.97 Å². The van der Waals surface area contributed by atoms with Gasteiger partial charge in [0, 0.05) is 20.3 Å². The quantitative estimate of drug-likeness (QED) is 0.582. The summed E-state index contributed by atoms with van der Waals surface area (Å²) in [4.78, 5) is 15.1. The number of aromatic nitrogens is 1. The number of carbonyl (C=O) groups is 1. The van der Waals surface area contributed by atoms with E-state index in [2.05, 4.69) is 10.3 Å². The summed E-state index contributed by atoms with van der Waals surface area (Å²) < 4.78 is 4.90. The fraction of sp³-hybridized carbons (Fsp3) is 0.556. The number of halogens is 1. The summed E-state index contributed by atoms with van der Waals surface area (Å²) in [5.41, 5.74) is 0.411. The second kappa shape index (κ2) is 6.67. The molecule has 1 heterocycles. The third kappa shape index (κ3) is 3.62. The lowest BCUT2D eigenvalue weighted by Crippen LogP contribution is -2.04. The molecule has 1 aromatic heterocycles. The van der Waals surface area contributed by atoms with Crippen molar-refractivity contribution in [3.8, 4) is 0 Å². The van der Waals surface area contributed by atoms with Crippen LogP contribution in [-0.2, 0) is 10.6 Å². The third-order valence-corrected chi connectivity index (χ3v) is 3.12. The Kier molecular flexibility index (Phi) is 5.51. The smallest absolute Gasteiger partial charge is 0.347 e. The average Bonchev–Trinajstić information content (AvgIpc) is 2.68. The van der Waals surface area contributed by atoms with Crippen LogP contribution in [0, 0.1) is 0 Å². The molecule has 0 aliphatic carbocycles. The monoisotopic (exact) mass is 264 g/mol. The molecule has 0 aliphatic heterocycles. The Hall–Kier alpha value is -0.850. The molecular weight excluding hydrogens is 252 g/mol. The van der Waals surface area contributed by atoms with Crippen LogP contribution in [-0.4, -0.2) is 36.3 Å². The van der Waals surface area contributed by atoms with Crippen LogP contribution in [0.2, 0.25) is 0 Å². The summed E-state index contributed by atoms with van der Waals surface area (Å²) in [6.45, 7) is 1.36. The first-order valence-electron chi connectivity index (χ1n) is 4.70. The van der Waals surface area contributed by atoms with E-state index in [-0.39, 0.29) is 10.8 Å². The maximum absolute atomic E-state index is 10.8. The largest absolute Gasteiger partial charge is 0.477 e. The number of alkyl halides is 1. The number of nitrogens with zero attached hydrogens (tertiary/aromatic N) is 1. The Bertz CT molecular complexity index is 357. The van der Waals surface area contributed by atoms with Crippen molar-refractivity contribution in [2.24, 2.45) is 0 Å². The molecule has 0 aliphatic rings. The number of hydrogen-bond donors (Lipinski definition) is 2. The van der Waals surface area contributed by atoms with Gasteiger partial charge in [-0.25, -0.2) is 9.78 Å². The van der Waals surface area contributed by atoms with Gasteiger partial charge < -0.3 is 15.2 Å². The Morgan fingerprint density at radius 3 is 2.94 bits per heavy atom. The minimum atomic E-state index is -0.988. The summed E-state index contributed by atoms with van der Waals surface area (Å²) in [5.74, 6) is -0.879. The van der Waals surface area contributed by atoms with Gasteiger partial charge in [-0.1, -0.05) is 11.3 Å². The van der Waals surface area contributed by atoms with Crippen LogP contribution < -0.4 is 5.32 Å². The molecule has 2 N–H and O–H groups in total. The van der Waals surface area contributed by atoms with Gasteiger partial charge in [0.25, 0.3) is 0 Å². The molecule has 90 valence electrons. The van der Waals surface area contributed by atoms with Gasteiger partial charge in [0.15, 0.2) is 5.13 Å². The van der Waals surface area contributed by atoms with Crippen molar-refractivity contribution >= 4 is 34.0 Å². The van der Waals surface area contributed by atoms with Gasteiger partial charge in [-0.3, -0.25) is 0 Å². The molecule has 0 atom stereocenters. The average molecular weight is 265 g/mol. The van der Waals surface area contributed by atoms with Crippen molar-refractivity contribution in [2.75, 3.05) is 25.6 Å². The second-order valence-electron chi connectivity index (χ2n) is 3.01. The second-order valence-corrected chi connectivity index (χ2v) is 4.27. The molecule has 16 heavy (non-hydrogen) atoms. The molecular formula is C9H13ClN2O3S. The first-order valence-corrected chi connectivity index (χ1v) is 6.06. The van der Waals surface area contributed by atoms with Crippen LogP contribution >= 0.6 is 22.9 Å². The molecule has 5 nitrogen and oxygen atoms in total. The molecule has 0 saturated heterocycles. The lowest BCUT2D eigenvalue weighted by molar-refractivity contribution is 0.0701. The molecule has 0 aromatic carbocycles. The van der Waals surface area contributed by atoms with Gasteiger partial charge in [0.1, 0.15) is 4.88 Å². The Morgan fingerprint density at radius 2 is 2.44 bits per heavy atom. The van der Waals surface area contributed by atoms with Gasteiger partial charge in [-0.2, -0.15) is 0 Å². The van der Waals surface area contributed by atoms with Gasteiger partial charge in [0.05, 0.1) is 11.6 Å². The van der Waals surface area contributed by atoms with E-state index in [1.807, 2.05) is 0 Å². The van der Waals surface area contributed by atoms with E-state index in [0.717, 1.165) is 17.8 Å². The van der Waals surface area contributed by atoms with Gasteiger partial charge >= 0.3 is 5.97 Å². The number of carboxylic acids is 1. The molecule has 0 bridgehead atoms. The number of ether oxygens (including phenoxy) is 1. The maximum atomic E-state index is 10.8. The van der Waals surface area contributed by atoms with Crippen molar-refractivity contribution in [1.82, 2.24) is 4.98 Å². The van der Waals surface area contributed by atoms with Gasteiger partial charge in [-0.05, 0) is 6.42 Å². The molecule has 0 spiro atoms. The summed E-state index contributed by atoms with van der Waals surface area (Å²) in [6, 6.07) is 0. The van der Waals surface area contributed by atoms with Gasteiger partial charge in [-0.15, -0.1) is 11.6 Å². The van der Waals surface area contributed by atoms with E-state index in [4.69, 9.17) is 21.4 Å². The van der Waals surface area contributed by atoms with Crippen molar-refractivity contribution in [2.45, 2.75) is 12.3 Å². The van der Waals surface area contributed by atoms with Crippen molar-refractivity contribution in [3.05, 3.63) is 10.6 Å². The Balaban J connectivity index is 2.57. The summed E-state index contributed by atoms with van der Waals surface area (Å²) in [7, 11) is 1.64. The van der Waals surface area contributed by atoms with Crippen LogP contribution in [0.3, 0.4) is 0 Å². The van der Waals surface area contributed by atoms with Crippen LogP contribution in [0.1, 0.15) is 21.8 Å². The number of carboxylic acid groups (broad SMARTS) is 1. The van der Waals surface area contributed by atoms with E-state index in [0.29, 0.717) is 24.0 Å². The molecule has 1 rings (SSSR count). The zero-order chi connectivity index (χ0) is 12.0. The third-order valence-electron chi connectivity index (χ3n) is 1.82. The number of thiazole rings is 1. The number of hydrogen-bond acceptors (Lipinski definition) is 5. The lowest BCUT2D eigenvalue weighted by Gasteiger charge is -2.00.